The van der Waals surface area contributed by atoms with Gasteiger partial charge in [0.05, 0.1) is 18.6 Å². The van der Waals surface area contributed by atoms with E-state index in [0.717, 1.165) is 38.5 Å². The number of rotatable bonds is 17. The average Bonchev–Trinajstić information content (AvgIpc) is 3.38. The zero-order valence-electron chi connectivity index (χ0n) is 26.3. The third kappa shape index (κ3) is 13.5. The summed E-state index contributed by atoms with van der Waals surface area (Å²) in [5, 5.41) is 6.16. The van der Waals surface area contributed by atoms with Gasteiger partial charge in [0.15, 0.2) is 0 Å². The molecule has 2 rings (SSSR count). The van der Waals surface area contributed by atoms with Crippen molar-refractivity contribution in [2.24, 2.45) is 11.8 Å². The summed E-state index contributed by atoms with van der Waals surface area (Å²) < 4.78 is 5.85. The summed E-state index contributed by atoms with van der Waals surface area (Å²) in [4.78, 5) is 38.4. The van der Waals surface area contributed by atoms with Gasteiger partial charge in [-0.15, -0.1) is 6.58 Å². The summed E-state index contributed by atoms with van der Waals surface area (Å²) in [7, 11) is 0. The molecule has 1 aromatic carbocycles. The molecule has 1 aromatic rings. The third-order valence-electron chi connectivity index (χ3n) is 7.35. The van der Waals surface area contributed by atoms with E-state index >= 15 is 0 Å². The molecular weight excluding hydrogens is 512 g/mol. The molecular formula is C35H54N2O4. The molecule has 0 heterocycles. The lowest BCUT2D eigenvalue weighted by Crippen LogP contribution is -2.48. The van der Waals surface area contributed by atoms with Crippen LogP contribution >= 0.6 is 0 Å². The molecule has 0 saturated heterocycles. The van der Waals surface area contributed by atoms with Gasteiger partial charge in [-0.05, 0) is 70.8 Å². The van der Waals surface area contributed by atoms with Crippen LogP contribution in [0.3, 0.4) is 0 Å². The Hall–Kier alpha value is -2.99. The van der Waals surface area contributed by atoms with Gasteiger partial charge in [0, 0.05) is 18.0 Å². The molecule has 4 atom stereocenters. The molecule has 0 radical (unpaired) electrons. The molecule has 6 heteroatoms. The Morgan fingerprint density at radius 1 is 1.05 bits per heavy atom. The first-order chi connectivity index (χ1) is 19.8. The number of carbonyl (C=O) groups is 3. The maximum absolute atomic E-state index is 13.6. The van der Waals surface area contributed by atoms with Crippen molar-refractivity contribution in [2.45, 2.75) is 111 Å². The zero-order valence-corrected chi connectivity index (χ0v) is 26.3. The molecule has 2 amide bonds. The molecule has 41 heavy (non-hydrogen) atoms. The molecule has 0 aromatic heterocycles. The van der Waals surface area contributed by atoms with E-state index in [1.807, 2.05) is 26.8 Å². The second-order valence-corrected chi connectivity index (χ2v) is 10.8. The standard InChI is InChI=1S/C33H48N2O4.C2H6/c1-6-14-25(8-3)17-12-19-27(20-13-18-26-15-10-9-11-16-26)34-32(37)29-22-28(39-21-7-2)23-30(29)35-33(38)31(36)24(4)5;1-2/h6-11,14-16,24,27-30H,2,12-13,17-23H2,1,3-5H3,(H,34,37)(H,35,38);1-2H3/b14-6-,25-8+;/t27?,28-,29?,30-;/m1./s1. The van der Waals surface area contributed by atoms with Crippen molar-refractivity contribution >= 4 is 17.6 Å². The first-order valence-corrected chi connectivity index (χ1v) is 15.5. The maximum atomic E-state index is 13.6. The van der Waals surface area contributed by atoms with Gasteiger partial charge in [0.1, 0.15) is 0 Å². The van der Waals surface area contributed by atoms with E-state index < -0.39 is 29.6 Å². The number of nitrogens with one attached hydrogen (secondary N) is 2. The third-order valence-corrected chi connectivity index (χ3v) is 7.35. The summed E-state index contributed by atoms with van der Waals surface area (Å²) in [5.41, 5.74) is 2.59. The molecule has 1 aliphatic rings. The minimum absolute atomic E-state index is 0.0340. The lowest BCUT2D eigenvalue weighted by Gasteiger charge is -2.25. The van der Waals surface area contributed by atoms with E-state index in [1.54, 1.807) is 19.9 Å². The average molecular weight is 567 g/mol. The van der Waals surface area contributed by atoms with Gasteiger partial charge in [0.2, 0.25) is 11.7 Å². The molecule has 1 saturated carbocycles. The van der Waals surface area contributed by atoms with Crippen molar-refractivity contribution in [3.05, 3.63) is 72.4 Å². The summed E-state index contributed by atoms with van der Waals surface area (Å²) in [5.74, 6) is -2.02. The number of amides is 2. The van der Waals surface area contributed by atoms with Gasteiger partial charge in [0.25, 0.3) is 5.91 Å². The minimum atomic E-state index is -0.626. The van der Waals surface area contributed by atoms with Crippen LogP contribution in [0.1, 0.15) is 92.1 Å². The summed E-state index contributed by atoms with van der Waals surface area (Å²) in [6.45, 7) is 15.6. The van der Waals surface area contributed by atoms with Crippen LogP contribution in [0.25, 0.3) is 0 Å². The Labute approximate surface area is 249 Å². The molecule has 2 N–H and O–H groups in total. The number of ketones is 1. The number of aryl methyl sites for hydroxylation is 1. The van der Waals surface area contributed by atoms with E-state index in [9.17, 15) is 14.4 Å². The maximum Gasteiger partial charge on any atom is 0.287 e. The quantitative estimate of drug-likeness (QED) is 0.122. The van der Waals surface area contributed by atoms with Crippen molar-refractivity contribution < 1.29 is 19.1 Å². The highest BCUT2D eigenvalue weighted by Crippen LogP contribution is 2.29. The summed E-state index contributed by atoms with van der Waals surface area (Å²) >= 11 is 0. The molecule has 0 bridgehead atoms. The number of ether oxygens (including phenoxy) is 1. The van der Waals surface area contributed by atoms with Gasteiger partial charge in [-0.2, -0.15) is 0 Å². The second-order valence-electron chi connectivity index (χ2n) is 10.8. The van der Waals surface area contributed by atoms with Crippen LogP contribution in [0.2, 0.25) is 0 Å². The van der Waals surface area contributed by atoms with E-state index in [2.05, 4.69) is 66.6 Å². The normalized spacial score (nSPS) is 19.4. The molecule has 0 spiro atoms. The van der Waals surface area contributed by atoms with Gasteiger partial charge < -0.3 is 15.4 Å². The van der Waals surface area contributed by atoms with E-state index in [-0.39, 0.29) is 18.1 Å². The fourth-order valence-electron chi connectivity index (χ4n) is 5.17. The van der Waals surface area contributed by atoms with Crippen LogP contribution in [0.5, 0.6) is 0 Å². The van der Waals surface area contributed by atoms with Gasteiger partial charge in [-0.1, -0.05) is 87.9 Å². The Balaban J connectivity index is 0.00000411. The zero-order chi connectivity index (χ0) is 30.6. The highest BCUT2D eigenvalue weighted by atomic mass is 16.5. The number of hydrogen-bond donors (Lipinski definition) is 2. The van der Waals surface area contributed by atoms with Crippen molar-refractivity contribution in [1.29, 1.82) is 0 Å². The molecule has 6 nitrogen and oxygen atoms in total. The highest BCUT2D eigenvalue weighted by molar-refractivity contribution is 6.36. The van der Waals surface area contributed by atoms with Crippen LogP contribution in [0.15, 0.2) is 66.8 Å². The molecule has 228 valence electrons. The van der Waals surface area contributed by atoms with Crippen LogP contribution in [0, 0.1) is 11.8 Å². The van der Waals surface area contributed by atoms with Crippen LogP contribution in [-0.2, 0) is 25.5 Å². The van der Waals surface area contributed by atoms with Crippen LogP contribution < -0.4 is 10.6 Å². The van der Waals surface area contributed by atoms with Crippen molar-refractivity contribution in [1.82, 2.24) is 10.6 Å². The van der Waals surface area contributed by atoms with Crippen molar-refractivity contribution in [3.8, 4) is 0 Å². The van der Waals surface area contributed by atoms with E-state index in [0.29, 0.717) is 19.4 Å². The summed E-state index contributed by atoms with van der Waals surface area (Å²) in [6, 6.07) is 9.99. The largest absolute Gasteiger partial charge is 0.374 e. The van der Waals surface area contributed by atoms with Gasteiger partial charge >= 0.3 is 0 Å². The number of carbonyl (C=O) groups excluding carboxylic acids is 3. The highest BCUT2D eigenvalue weighted by Gasteiger charge is 2.41. The number of hydrogen-bond acceptors (Lipinski definition) is 4. The van der Waals surface area contributed by atoms with Crippen molar-refractivity contribution in [2.75, 3.05) is 6.61 Å². The molecule has 1 aliphatic carbocycles. The number of Topliss-reactive ketones (excluding diaryl/α,β-unsaturated/α-hetero) is 1. The SMILES string of the molecule is C=CCO[C@@H]1CC(C(=O)NC(CCCC(/C=C\C)=C/C)CCCc2ccccc2)[C@H](NC(=O)C(=O)C(C)C)C1.CC. The fraction of sp³-hybridized carbons (Fsp3) is 0.571. The smallest absolute Gasteiger partial charge is 0.287 e. The molecule has 0 aliphatic heterocycles. The van der Waals surface area contributed by atoms with Crippen molar-refractivity contribution in [3.63, 3.8) is 0 Å². The van der Waals surface area contributed by atoms with Gasteiger partial charge in [-0.3, -0.25) is 14.4 Å². The Bertz CT molecular complexity index is 983. The summed E-state index contributed by atoms with van der Waals surface area (Å²) in [6.07, 6.45) is 14.4. The lowest BCUT2D eigenvalue weighted by atomic mass is 9.96. The fourth-order valence-corrected chi connectivity index (χ4v) is 5.17. The monoisotopic (exact) mass is 566 g/mol. The predicted octanol–water partition coefficient (Wildman–Crippen LogP) is 6.90. The minimum Gasteiger partial charge on any atom is -0.374 e. The molecule has 1 fully saturated rings. The number of allylic oxidation sites excluding steroid dienone is 4. The topological polar surface area (TPSA) is 84.5 Å². The number of benzene rings is 1. The Kier molecular flexibility index (Phi) is 18.3. The van der Waals surface area contributed by atoms with E-state index in [1.165, 1.54) is 11.1 Å². The molecule has 2 unspecified atom stereocenters. The predicted molar refractivity (Wildman–Crippen MR) is 170 cm³/mol. The van der Waals surface area contributed by atoms with Crippen LogP contribution in [-0.4, -0.2) is 42.4 Å². The Morgan fingerprint density at radius 2 is 1.73 bits per heavy atom. The van der Waals surface area contributed by atoms with Crippen LogP contribution in [0.4, 0.5) is 0 Å². The first-order valence-electron chi connectivity index (χ1n) is 15.5. The lowest BCUT2D eigenvalue weighted by molar-refractivity contribution is -0.140. The van der Waals surface area contributed by atoms with E-state index in [4.69, 9.17) is 4.74 Å². The van der Waals surface area contributed by atoms with Gasteiger partial charge in [-0.25, -0.2) is 0 Å². The second kappa shape index (κ2) is 20.8. The Morgan fingerprint density at radius 3 is 2.34 bits per heavy atom. The first kappa shape index (κ1) is 36.0.